The maximum atomic E-state index is 5.52. The number of benzene rings is 1. The van der Waals surface area contributed by atoms with Gasteiger partial charge in [-0.25, -0.2) is 0 Å². The lowest BCUT2D eigenvalue weighted by Crippen LogP contribution is -2.47. The molecule has 1 aromatic carbocycles. The molecule has 0 saturated carbocycles. The molecule has 8 heteroatoms. The Morgan fingerprint density at radius 1 is 0.591 bits per heavy atom. The van der Waals surface area contributed by atoms with E-state index in [4.69, 9.17) is 26.6 Å². The van der Waals surface area contributed by atoms with E-state index >= 15 is 0 Å². The van der Waals surface area contributed by atoms with Crippen LogP contribution in [0.15, 0.2) is 24.3 Å². The van der Waals surface area contributed by atoms with Crippen molar-refractivity contribution in [1.82, 2.24) is 0 Å². The topological polar surface area (TPSA) is 55.4 Å². The van der Waals surface area contributed by atoms with Crippen LogP contribution in [0, 0.1) is 0 Å². The number of hydrogen-bond acceptors (Lipinski definition) is 6. The van der Waals surface area contributed by atoms with Gasteiger partial charge in [0.25, 0.3) is 0 Å². The molecule has 22 heavy (non-hydrogen) atoms. The summed E-state index contributed by atoms with van der Waals surface area (Å²) in [5.74, 6) is 0. The van der Waals surface area contributed by atoms with Gasteiger partial charge >= 0.3 is 17.6 Å². The van der Waals surface area contributed by atoms with Gasteiger partial charge in [-0.1, -0.05) is 24.3 Å². The normalized spacial score (nSPS) is 12.6. The lowest BCUT2D eigenvalue weighted by atomic mass is 10.1. The van der Waals surface area contributed by atoms with Crippen molar-refractivity contribution in [2.24, 2.45) is 0 Å². The van der Waals surface area contributed by atoms with Crippen LogP contribution in [0.1, 0.15) is 11.1 Å². The average molecular weight is 347 g/mol. The molecule has 0 saturated heterocycles. The Hall–Kier alpha value is -0.586. The van der Waals surface area contributed by atoms with Crippen molar-refractivity contribution in [3.8, 4) is 0 Å². The molecule has 0 unspecified atom stereocenters. The van der Waals surface area contributed by atoms with Crippen LogP contribution in [0.25, 0.3) is 0 Å². The van der Waals surface area contributed by atoms with E-state index in [2.05, 4.69) is 0 Å². The Labute approximate surface area is 135 Å². The molecule has 126 valence electrons. The van der Waals surface area contributed by atoms with E-state index in [-0.39, 0.29) is 0 Å². The summed E-state index contributed by atoms with van der Waals surface area (Å²) >= 11 is 0. The summed E-state index contributed by atoms with van der Waals surface area (Å²) in [5, 5.41) is 0. The van der Waals surface area contributed by atoms with Crippen molar-refractivity contribution >= 4 is 17.6 Å². The summed E-state index contributed by atoms with van der Waals surface area (Å²) in [5.41, 5.74) is 2.17. The van der Waals surface area contributed by atoms with Crippen LogP contribution in [0.2, 0.25) is 0 Å². The maximum absolute atomic E-state index is 5.52. The lowest BCUT2D eigenvalue weighted by molar-refractivity contribution is 0.120. The predicted octanol–water partition coefficient (Wildman–Crippen LogP) is 1.61. The molecular formula is C14H26O6Si2. The second-order valence-corrected chi connectivity index (χ2v) is 10.6. The molecule has 0 N–H and O–H groups in total. The molecule has 1 aromatic rings. The molecule has 0 bridgehead atoms. The van der Waals surface area contributed by atoms with Gasteiger partial charge in [0.15, 0.2) is 0 Å². The van der Waals surface area contributed by atoms with Gasteiger partial charge < -0.3 is 26.6 Å². The van der Waals surface area contributed by atoms with Crippen molar-refractivity contribution < 1.29 is 26.6 Å². The first-order chi connectivity index (χ1) is 10.5. The molecular weight excluding hydrogens is 320 g/mol. The first kappa shape index (κ1) is 19.5. The quantitative estimate of drug-likeness (QED) is 0.600. The van der Waals surface area contributed by atoms with E-state index in [1.165, 1.54) is 0 Å². The van der Waals surface area contributed by atoms with Gasteiger partial charge in [0.2, 0.25) is 0 Å². The van der Waals surface area contributed by atoms with Gasteiger partial charge in [-0.05, 0) is 11.1 Å². The second kappa shape index (κ2) is 8.89. The van der Waals surface area contributed by atoms with Gasteiger partial charge in [-0.2, -0.15) is 0 Å². The minimum Gasteiger partial charge on any atom is -0.377 e. The third-order valence-electron chi connectivity index (χ3n) is 3.80. The molecule has 0 amide bonds. The summed E-state index contributed by atoms with van der Waals surface area (Å²) in [7, 11) is 4.26. The van der Waals surface area contributed by atoms with E-state index in [1.807, 2.05) is 24.3 Å². The fraction of sp³-hybridized carbons (Fsp3) is 0.571. The van der Waals surface area contributed by atoms with Crippen LogP contribution in [-0.4, -0.2) is 60.3 Å². The van der Waals surface area contributed by atoms with Crippen molar-refractivity contribution in [3.63, 3.8) is 0 Å². The molecule has 0 heterocycles. The third-order valence-corrected chi connectivity index (χ3v) is 9.16. The molecule has 0 aliphatic heterocycles. The second-order valence-electron chi connectivity index (χ2n) is 4.71. The van der Waals surface area contributed by atoms with Gasteiger partial charge in [0, 0.05) is 54.7 Å². The highest BCUT2D eigenvalue weighted by atomic mass is 28.4. The van der Waals surface area contributed by atoms with Crippen molar-refractivity contribution in [2.45, 2.75) is 12.1 Å². The highest BCUT2D eigenvalue weighted by Gasteiger charge is 2.42. The zero-order valence-electron chi connectivity index (χ0n) is 14.2. The minimum absolute atomic E-state index is 0.578. The highest BCUT2D eigenvalue weighted by Crippen LogP contribution is 2.22. The lowest BCUT2D eigenvalue weighted by Gasteiger charge is -2.28. The fourth-order valence-electron chi connectivity index (χ4n) is 2.30. The van der Waals surface area contributed by atoms with Crippen LogP contribution in [0.3, 0.4) is 0 Å². The van der Waals surface area contributed by atoms with Crippen molar-refractivity contribution in [2.75, 3.05) is 42.7 Å². The predicted molar refractivity (Wildman–Crippen MR) is 87.4 cm³/mol. The van der Waals surface area contributed by atoms with Gasteiger partial charge in [-0.15, -0.1) is 0 Å². The largest absolute Gasteiger partial charge is 0.504 e. The smallest absolute Gasteiger partial charge is 0.377 e. The minimum atomic E-state index is -2.70. The molecule has 0 spiro atoms. The van der Waals surface area contributed by atoms with Crippen molar-refractivity contribution in [1.29, 1.82) is 0 Å². The van der Waals surface area contributed by atoms with E-state index < -0.39 is 17.6 Å². The monoisotopic (exact) mass is 346 g/mol. The van der Waals surface area contributed by atoms with E-state index in [1.54, 1.807) is 42.7 Å². The standard InChI is InChI=1S/C14H26O6Si2/c1-15-21(16-2,17-3)11-13-9-7-8-10-14(13)12-22(18-4,19-5)20-6/h7-10H,11-12H2,1-6H3. The Kier molecular flexibility index (Phi) is 7.87. The van der Waals surface area contributed by atoms with Crippen LogP contribution in [0.5, 0.6) is 0 Å². The summed E-state index contributed by atoms with van der Waals surface area (Å²) in [6.07, 6.45) is 0. The van der Waals surface area contributed by atoms with E-state index in [9.17, 15) is 0 Å². The Morgan fingerprint density at radius 2 is 0.864 bits per heavy atom. The Balaban J connectivity index is 3.09. The summed E-state index contributed by atoms with van der Waals surface area (Å²) < 4.78 is 33.1. The molecule has 1 rings (SSSR count). The van der Waals surface area contributed by atoms with Crippen molar-refractivity contribution in [3.05, 3.63) is 35.4 Å². The zero-order valence-corrected chi connectivity index (χ0v) is 16.2. The van der Waals surface area contributed by atoms with Crippen LogP contribution < -0.4 is 0 Å². The van der Waals surface area contributed by atoms with Crippen LogP contribution in [-0.2, 0) is 38.6 Å². The fourth-order valence-corrected chi connectivity index (χ4v) is 5.79. The first-order valence-corrected chi connectivity index (χ1v) is 10.8. The number of rotatable bonds is 10. The average Bonchev–Trinajstić information content (AvgIpc) is 2.59. The Morgan fingerprint density at radius 3 is 1.09 bits per heavy atom. The molecule has 0 radical (unpaired) electrons. The maximum Gasteiger partial charge on any atom is 0.504 e. The molecule has 0 aromatic heterocycles. The molecule has 0 aliphatic carbocycles. The van der Waals surface area contributed by atoms with Gasteiger partial charge in [-0.3, -0.25) is 0 Å². The molecule has 6 nitrogen and oxygen atoms in total. The van der Waals surface area contributed by atoms with Crippen LogP contribution >= 0.6 is 0 Å². The molecule has 0 atom stereocenters. The van der Waals surface area contributed by atoms with Gasteiger partial charge in [0.1, 0.15) is 0 Å². The highest BCUT2D eigenvalue weighted by molar-refractivity contribution is 6.61. The molecule has 0 fully saturated rings. The van der Waals surface area contributed by atoms with E-state index in [0.29, 0.717) is 12.1 Å². The zero-order chi connectivity index (χ0) is 16.6. The van der Waals surface area contributed by atoms with E-state index in [0.717, 1.165) is 11.1 Å². The first-order valence-electron chi connectivity index (χ1n) is 6.92. The molecule has 0 aliphatic rings. The van der Waals surface area contributed by atoms with Gasteiger partial charge in [0.05, 0.1) is 0 Å². The SMILES string of the molecule is CO[Si](Cc1ccccc1C[Si](OC)(OC)OC)(OC)OC. The Bertz CT molecular complexity index is 391. The summed E-state index contributed by atoms with van der Waals surface area (Å²) in [4.78, 5) is 0. The number of hydrogen-bond donors (Lipinski definition) is 0. The summed E-state index contributed by atoms with van der Waals surface area (Å²) in [6, 6.07) is 9.19. The third kappa shape index (κ3) is 4.46. The summed E-state index contributed by atoms with van der Waals surface area (Å²) in [6.45, 7) is 0. The van der Waals surface area contributed by atoms with Crippen LogP contribution in [0.4, 0.5) is 0 Å².